The number of aryl methyl sites for hydroxylation is 1. The Balaban J connectivity index is 2.56. The lowest BCUT2D eigenvalue weighted by Gasteiger charge is -2.11. The first kappa shape index (κ1) is 14.9. The number of hydrogen-bond acceptors (Lipinski definition) is 4. The maximum atomic E-state index is 11.5. The van der Waals surface area contributed by atoms with Crippen LogP contribution in [0.1, 0.15) is 29.8 Å². The van der Waals surface area contributed by atoms with Gasteiger partial charge in [-0.05, 0) is 43.8 Å². The molecular weight excluding hydrogens is 264 g/mol. The number of rotatable bonds is 5. The lowest BCUT2D eigenvalue weighted by atomic mass is 10.0. The molecule has 1 aromatic heterocycles. The second kappa shape index (κ2) is 6.31. The van der Waals surface area contributed by atoms with Crippen molar-refractivity contribution < 1.29 is 9.53 Å². The molecule has 0 fully saturated rings. The van der Waals surface area contributed by atoms with Gasteiger partial charge in [0, 0.05) is 17.3 Å². The standard InChI is InChI=1S/C17H18N2O2/c1-5-12-10-19-16(9-15(12)18-3)14-7-6-13(11(2)20)8-17(14)21-4/h6-10H,3,5H2,1-2,4H3. The van der Waals surface area contributed by atoms with Gasteiger partial charge in [-0.1, -0.05) is 13.0 Å². The third kappa shape index (κ3) is 2.99. The van der Waals surface area contributed by atoms with Crippen molar-refractivity contribution in [1.82, 2.24) is 4.98 Å². The molecule has 4 heteroatoms. The number of hydrogen-bond donors (Lipinski definition) is 0. The number of methoxy groups -OCH3 is 1. The predicted octanol–water partition coefficient (Wildman–Crippen LogP) is 3.85. The Labute approximate surface area is 124 Å². The summed E-state index contributed by atoms with van der Waals surface area (Å²) in [5, 5.41) is 0. The SMILES string of the molecule is C=Nc1cc(-c2ccc(C(C)=O)cc2OC)ncc1CC. The maximum Gasteiger partial charge on any atom is 0.159 e. The molecule has 0 aliphatic carbocycles. The summed E-state index contributed by atoms with van der Waals surface area (Å²) in [5.41, 5.74) is 4.06. The van der Waals surface area contributed by atoms with Gasteiger partial charge in [-0.2, -0.15) is 0 Å². The van der Waals surface area contributed by atoms with Gasteiger partial charge in [0.25, 0.3) is 0 Å². The van der Waals surface area contributed by atoms with Crippen molar-refractivity contribution in [3.8, 4) is 17.0 Å². The molecule has 108 valence electrons. The number of Topliss-reactive ketones (excluding diaryl/α,β-unsaturated/α-hetero) is 1. The first-order valence-corrected chi connectivity index (χ1v) is 6.75. The predicted molar refractivity (Wildman–Crippen MR) is 84.8 cm³/mol. The number of aromatic nitrogens is 1. The number of aliphatic imine (C=N–C) groups is 1. The first-order valence-electron chi connectivity index (χ1n) is 6.75. The molecule has 2 rings (SSSR count). The van der Waals surface area contributed by atoms with Gasteiger partial charge < -0.3 is 4.74 Å². The molecule has 0 spiro atoms. The molecule has 0 saturated heterocycles. The van der Waals surface area contributed by atoms with Gasteiger partial charge in [0.2, 0.25) is 0 Å². The van der Waals surface area contributed by atoms with Crippen LogP contribution in [0.15, 0.2) is 35.5 Å². The van der Waals surface area contributed by atoms with Gasteiger partial charge in [0.05, 0.1) is 18.5 Å². The van der Waals surface area contributed by atoms with E-state index in [9.17, 15) is 4.79 Å². The van der Waals surface area contributed by atoms with Gasteiger partial charge in [-0.3, -0.25) is 14.8 Å². The molecule has 0 atom stereocenters. The topological polar surface area (TPSA) is 51.5 Å². The number of pyridine rings is 1. The van der Waals surface area contributed by atoms with E-state index >= 15 is 0 Å². The zero-order chi connectivity index (χ0) is 15.4. The van der Waals surface area contributed by atoms with Crippen molar-refractivity contribution in [2.45, 2.75) is 20.3 Å². The van der Waals surface area contributed by atoms with E-state index in [1.54, 1.807) is 25.4 Å². The van der Waals surface area contributed by atoms with Crippen LogP contribution >= 0.6 is 0 Å². The molecule has 0 saturated carbocycles. The minimum absolute atomic E-state index is 0.00240. The number of carbonyl (C=O) groups excluding carboxylic acids is 1. The maximum absolute atomic E-state index is 11.5. The number of ketones is 1. The average molecular weight is 282 g/mol. The summed E-state index contributed by atoms with van der Waals surface area (Å²) in [4.78, 5) is 20.0. The highest BCUT2D eigenvalue weighted by atomic mass is 16.5. The molecule has 0 N–H and O–H groups in total. The fourth-order valence-electron chi connectivity index (χ4n) is 2.16. The van der Waals surface area contributed by atoms with E-state index < -0.39 is 0 Å². The van der Waals surface area contributed by atoms with Crippen molar-refractivity contribution in [3.63, 3.8) is 0 Å². The third-order valence-corrected chi connectivity index (χ3v) is 3.40. The Bertz CT molecular complexity index is 693. The third-order valence-electron chi connectivity index (χ3n) is 3.40. The molecule has 1 heterocycles. The zero-order valence-electron chi connectivity index (χ0n) is 12.5. The Kier molecular flexibility index (Phi) is 4.48. The normalized spacial score (nSPS) is 10.2. The minimum atomic E-state index is 0.00240. The van der Waals surface area contributed by atoms with E-state index in [1.807, 2.05) is 19.1 Å². The number of carbonyl (C=O) groups is 1. The molecule has 1 aromatic carbocycles. The van der Waals surface area contributed by atoms with E-state index in [0.717, 1.165) is 28.9 Å². The van der Waals surface area contributed by atoms with Crippen LogP contribution in [0.4, 0.5) is 5.69 Å². The Morgan fingerprint density at radius 2 is 2.14 bits per heavy atom. The van der Waals surface area contributed by atoms with Crippen molar-refractivity contribution in [2.75, 3.05) is 7.11 Å². The number of benzene rings is 1. The lowest BCUT2D eigenvalue weighted by molar-refractivity contribution is 0.101. The summed E-state index contributed by atoms with van der Waals surface area (Å²) in [6.07, 6.45) is 2.65. The Hall–Kier alpha value is -2.49. The molecule has 2 aromatic rings. The van der Waals surface area contributed by atoms with Gasteiger partial charge in [0.15, 0.2) is 5.78 Å². The largest absolute Gasteiger partial charge is 0.496 e. The van der Waals surface area contributed by atoms with Crippen LogP contribution in [0.3, 0.4) is 0 Å². The van der Waals surface area contributed by atoms with Crippen molar-refractivity contribution in [2.24, 2.45) is 4.99 Å². The summed E-state index contributed by atoms with van der Waals surface area (Å²) in [7, 11) is 1.58. The monoisotopic (exact) mass is 282 g/mol. The summed E-state index contributed by atoms with van der Waals surface area (Å²) >= 11 is 0. The van der Waals surface area contributed by atoms with E-state index in [4.69, 9.17) is 4.74 Å². The molecule has 21 heavy (non-hydrogen) atoms. The lowest BCUT2D eigenvalue weighted by Crippen LogP contribution is -1.96. The number of nitrogens with zero attached hydrogens (tertiary/aromatic N) is 2. The average Bonchev–Trinajstić information content (AvgIpc) is 2.53. The highest BCUT2D eigenvalue weighted by molar-refractivity contribution is 5.95. The van der Waals surface area contributed by atoms with Crippen LogP contribution in [0.25, 0.3) is 11.3 Å². The van der Waals surface area contributed by atoms with Crippen LogP contribution < -0.4 is 4.74 Å². The zero-order valence-corrected chi connectivity index (χ0v) is 12.5. The Morgan fingerprint density at radius 3 is 2.71 bits per heavy atom. The molecular formula is C17H18N2O2. The first-order chi connectivity index (χ1) is 10.1. The fourth-order valence-corrected chi connectivity index (χ4v) is 2.16. The van der Waals surface area contributed by atoms with Crippen molar-refractivity contribution >= 4 is 18.2 Å². The van der Waals surface area contributed by atoms with E-state index in [1.165, 1.54) is 6.92 Å². The van der Waals surface area contributed by atoms with Crippen LogP contribution in [-0.2, 0) is 6.42 Å². The van der Waals surface area contributed by atoms with E-state index in [0.29, 0.717) is 11.3 Å². The molecule has 0 aliphatic rings. The van der Waals surface area contributed by atoms with Crippen LogP contribution in [0, 0.1) is 0 Å². The van der Waals surface area contributed by atoms with Crippen molar-refractivity contribution in [1.29, 1.82) is 0 Å². The molecule has 0 bridgehead atoms. The van der Waals surface area contributed by atoms with E-state index in [2.05, 4.69) is 16.7 Å². The highest BCUT2D eigenvalue weighted by Crippen LogP contribution is 2.32. The van der Waals surface area contributed by atoms with Gasteiger partial charge in [-0.15, -0.1) is 0 Å². The summed E-state index contributed by atoms with van der Waals surface area (Å²) < 4.78 is 5.38. The number of ether oxygens (including phenoxy) is 1. The smallest absolute Gasteiger partial charge is 0.159 e. The van der Waals surface area contributed by atoms with E-state index in [-0.39, 0.29) is 5.78 Å². The molecule has 0 radical (unpaired) electrons. The highest BCUT2D eigenvalue weighted by Gasteiger charge is 2.12. The Morgan fingerprint density at radius 1 is 1.38 bits per heavy atom. The summed E-state index contributed by atoms with van der Waals surface area (Å²) in [6, 6.07) is 7.23. The van der Waals surface area contributed by atoms with Gasteiger partial charge >= 0.3 is 0 Å². The van der Waals surface area contributed by atoms with Gasteiger partial charge in [-0.25, -0.2) is 0 Å². The molecule has 0 aliphatic heterocycles. The summed E-state index contributed by atoms with van der Waals surface area (Å²) in [5.74, 6) is 0.622. The quantitative estimate of drug-likeness (QED) is 0.618. The second-order valence-electron chi connectivity index (χ2n) is 4.68. The van der Waals surface area contributed by atoms with Crippen LogP contribution in [0.5, 0.6) is 5.75 Å². The van der Waals surface area contributed by atoms with Gasteiger partial charge in [0.1, 0.15) is 5.75 Å². The molecule has 4 nitrogen and oxygen atoms in total. The minimum Gasteiger partial charge on any atom is -0.496 e. The second-order valence-corrected chi connectivity index (χ2v) is 4.68. The van der Waals surface area contributed by atoms with Crippen LogP contribution in [-0.4, -0.2) is 24.6 Å². The molecule has 0 unspecified atom stereocenters. The summed E-state index contributed by atoms with van der Waals surface area (Å²) in [6.45, 7) is 7.18. The fraction of sp³-hybridized carbons (Fsp3) is 0.235. The van der Waals surface area contributed by atoms with Crippen molar-refractivity contribution in [3.05, 3.63) is 41.6 Å². The molecule has 0 amide bonds. The van der Waals surface area contributed by atoms with Crippen LogP contribution in [0.2, 0.25) is 0 Å².